The summed E-state index contributed by atoms with van der Waals surface area (Å²) in [5.41, 5.74) is 2.50. The largest absolute Gasteiger partial charge is 0.490 e. The molecular formula is C39H62O5. The molecule has 0 atom stereocenters. The first-order chi connectivity index (χ1) is 21.5. The Morgan fingerprint density at radius 3 is 1.84 bits per heavy atom. The van der Waals surface area contributed by atoms with E-state index in [2.05, 4.69) is 46.8 Å². The first-order valence-electron chi connectivity index (χ1n) is 17.7. The normalized spacial score (nSPS) is 11.6. The lowest BCUT2D eigenvalue weighted by atomic mass is 10.1. The molecule has 1 aromatic heterocycles. The van der Waals surface area contributed by atoms with Gasteiger partial charge in [-0.1, -0.05) is 127 Å². The van der Waals surface area contributed by atoms with Crippen molar-refractivity contribution in [1.29, 1.82) is 0 Å². The van der Waals surface area contributed by atoms with Crippen molar-refractivity contribution < 1.29 is 18.6 Å². The molecule has 2 rings (SSSR count). The summed E-state index contributed by atoms with van der Waals surface area (Å²) in [5, 5.41) is 0.708. The number of para-hydroxylation sites is 1. The second-order valence-corrected chi connectivity index (χ2v) is 12.5. The van der Waals surface area contributed by atoms with Crippen molar-refractivity contribution in [3.05, 3.63) is 51.9 Å². The lowest BCUT2D eigenvalue weighted by Crippen LogP contribution is -2.12. The summed E-state index contributed by atoms with van der Waals surface area (Å²) in [6.07, 6.45) is 25.9. The number of benzene rings is 1. The third-order valence-electron chi connectivity index (χ3n) is 8.06. The number of hydrogen-bond acceptors (Lipinski definition) is 5. The van der Waals surface area contributed by atoms with Gasteiger partial charge in [0.25, 0.3) is 0 Å². The number of fused-ring (bicyclic) bond motifs is 1. The fourth-order valence-corrected chi connectivity index (χ4v) is 5.32. The zero-order chi connectivity index (χ0) is 31.8. The van der Waals surface area contributed by atoms with Crippen LogP contribution in [0.15, 0.2) is 50.7 Å². The molecule has 0 aliphatic rings. The van der Waals surface area contributed by atoms with Crippen molar-refractivity contribution in [2.45, 2.75) is 150 Å². The fourth-order valence-electron chi connectivity index (χ4n) is 5.32. The van der Waals surface area contributed by atoms with Crippen LogP contribution in [0.5, 0.6) is 17.2 Å². The van der Waals surface area contributed by atoms with Crippen molar-refractivity contribution in [1.82, 2.24) is 0 Å². The Balaban J connectivity index is 2.08. The van der Waals surface area contributed by atoms with Gasteiger partial charge in [0, 0.05) is 0 Å². The first kappa shape index (κ1) is 37.5. The van der Waals surface area contributed by atoms with Crippen molar-refractivity contribution in [3.63, 3.8) is 0 Å². The molecule has 0 bridgehead atoms. The van der Waals surface area contributed by atoms with Gasteiger partial charge in [-0.25, -0.2) is 4.79 Å². The van der Waals surface area contributed by atoms with Crippen molar-refractivity contribution in [2.24, 2.45) is 0 Å². The molecule has 0 fully saturated rings. The molecule has 0 radical (unpaired) electrons. The van der Waals surface area contributed by atoms with E-state index >= 15 is 0 Å². The minimum Gasteiger partial charge on any atom is -0.490 e. The molecule has 248 valence electrons. The summed E-state index contributed by atoms with van der Waals surface area (Å²) >= 11 is 0. The molecule has 0 saturated heterocycles. The molecular weight excluding hydrogens is 548 g/mol. The number of unbranched alkanes of at least 4 members (excludes halogenated alkanes) is 14. The van der Waals surface area contributed by atoms with Gasteiger partial charge in [-0.05, 0) is 64.7 Å². The second kappa shape index (κ2) is 23.7. The van der Waals surface area contributed by atoms with Gasteiger partial charge in [0.15, 0.2) is 17.1 Å². The van der Waals surface area contributed by atoms with Gasteiger partial charge in [0.2, 0.25) is 5.75 Å². The molecule has 0 unspecified atom stereocenters. The van der Waals surface area contributed by atoms with Gasteiger partial charge in [0.1, 0.15) is 6.61 Å². The number of rotatable bonds is 26. The Bertz CT molecular complexity index is 1160. The quantitative estimate of drug-likeness (QED) is 0.0602. The summed E-state index contributed by atoms with van der Waals surface area (Å²) < 4.78 is 24.3. The highest BCUT2D eigenvalue weighted by Crippen LogP contribution is 2.37. The molecule has 0 N–H and O–H groups in total. The third-order valence-corrected chi connectivity index (χ3v) is 8.06. The molecule has 2 aromatic rings. The molecule has 0 aliphatic carbocycles. The lowest BCUT2D eigenvalue weighted by molar-refractivity contribution is 0.262. The number of hydrogen-bond donors (Lipinski definition) is 0. The third kappa shape index (κ3) is 15.3. The van der Waals surface area contributed by atoms with Crippen LogP contribution >= 0.6 is 0 Å². The van der Waals surface area contributed by atoms with E-state index in [0.717, 1.165) is 38.5 Å². The van der Waals surface area contributed by atoms with Crippen molar-refractivity contribution >= 4 is 11.0 Å². The Morgan fingerprint density at radius 1 is 0.682 bits per heavy atom. The van der Waals surface area contributed by atoms with E-state index in [4.69, 9.17) is 18.6 Å². The van der Waals surface area contributed by atoms with Crippen LogP contribution in [0.3, 0.4) is 0 Å². The maximum Gasteiger partial charge on any atom is 0.383 e. The Hall–Kier alpha value is -2.69. The Kier molecular flexibility index (Phi) is 20.2. The molecule has 44 heavy (non-hydrogen) atoms. The van der Waals surface area contributed by atoms with E-state index in [1.165, 1.54) is 88.2 Å². The summed E-state index contributed by atoms with van der Waals surface area (Å²) in [5.74, 6) is 1.19. The molecule has 0 saturated carbocycles. The van der Waals surface area contributed by atoms with Crippen LogP contribution in [0.4, 0.5) is 0 Å². The van der Waals surface area contributed by atoms with E-state index in [-0.39, 0.29) is 5.75 Å². The summed E-state index contributed by atoms with van der Waals surface area (Å²) in [6, 6.07) is 5.72. The molecule has 5 heteroatoms. The second-order valence-electron chi connectivity index (χ2n) is 12.5. The first-order valence-corrected chi connectivity index (χ1v) is 17.7. The number of allylic oxidation sites excluding steroid dienone is 3. The molecule has 0 amide bonds. The highest BCUT2D eigenvalue weighted by Gasteiger charge is 2.20. The summed E-state index contributed by atoms with van der Waals surface area (Å²) in [7, 11) is 0. The van der Waals surface area contributed by atoms with E-state index in [1.807, 2.05) is 18.2 Å². The van der Waals surface area contributed by atoms with E-state index in [9.17, 15) is 4.79 Å². The van der Waals surface area contributed by atoms with E-state index in [1.54, 1.807) is 0 Å². The molecule has 5 nitrogen and oxygen atoms in total. The zero-order valence-electron chi connectivity index (χ0n) is 28.8. The topological polar surface area (TPSA) is 57.9 Å². The minimum atomic E-state index is -0.514. The average molecular weight is 611 g/mol. The van der Waals surface area contributed by atoms with Crippen LogP contribution in [0.25, 0.3) is 11.0 Å². The van der Waals surface area contributed by atoms with Crippen LogP contribution in [-0.2, 0) is 0 Å². The van der Waals surface area contributed by atoms with Gasteiger partial charge in [0.05, 0.1) is 18.6 Å². The summed E-state index contributed by atoms with van der Waals surface area (Å²) in [4.78, 5) is 13.2. The molecule has 0 aliphatic heterocycles. The zero-order valence-corrected chi connectivity index (χ0v) is 28.8. The Morgan fingerprint density at radius 2 is 1.25 bits per heavy atom. The minimum absolute atomic E-state index is 0.163. The van der Waals surface area contributed by atoms with E-state index in [0.29, 0.717) is 42.3 Å². The lowest BCUT2D eigenvalue weighted by Gasteiger charge is -2.15. The Labute approximate surface area is 268 Å². The van der Waals surface area contributed by atoms with Crippen LogP contribution in [0.2, 0.25) is 0 Å². The van der Waals surface area contributed by atoms with Crippen LogP contribution < -0.4 is 19.8 Å². The SMILES string of the molecule is CCCCCCCCCCOc1c(OCC=C(C)CCC=C(C)C)c2cccc(OCCCCCCCCCC)c2oc1=O. The molecule has 1 aromatic carbocycles. The molecule has 0 spiro atoms. The average Bonchev–Trinajstić information content (AvgIpc) is 3.00. The summed E-state index contributed by atoms with van der Waals surface area (Å²) in [6.45, 7) is 12.3. The predicted octanol–water partition coefficient (Wildman–Crippen LogP) is 11.9. The molecule has 1 heterocycles. The van der Waals surface area contributed by atoms with Crippen LogP contribution in [-0.4, -0.2) is 19.8 Å². The van der Waals surface area contributed by atoms with Crippen molar-refractivity contribution in [2.75, 3.05) is 19.8 Å². The maximum atomic E-state index is 13.2. The highest BCUT2D eigenvalue weighted by atomic mass is 16.5. The highest BCUT2D eigenvalue weighted by molar-refractivity contribution is 5.89. The predicted molar refractivity (Wildman–Crippen MR) is 187 cm³/mol. The smallest absolute Gasteiger partial charge is 0.383 e. The van der Waals surface area contributed by atoms with E-state index < -0.39 is 5.63 Å². The number of ether oxygens (including phenoxy) is 3. The monoisotopic (exact) mass is 610 g/mol. The van der Waals surface area contributed by atoms with Gasteiger partial charge in [-0.3, -0.25) is 0 Å². The maximum absolute atomic E-state index is 13.2. The van der Waals surface area contributed by atoms with Crippen LogP contribution in [0, 0.1) is 0 Å². The van der Waals surface area contributed by atoms with Gasteiger partial charge >= 0.3 is 5.63 Å². The van der Waals surface area contributed by atoms with Gasteiger partial charge in [-0.15, -0.1) is 0 Å². The van der Waals surface area contributed by atoms with Crippen molar-refractivity contribution in [3.8, 4) is 17.2 Å². The van der Waals surface area contributed by atoms with Gasteiger partial charge in [-0.2, -0.15) is 0 Å². The standard InChI is InChI=1S/C39H62O5/c1-6-8-10-12-14-16-18-20-29-41-35-27-23-26-34-36(35)44-39(40)38(42-30-21-19-17-15-13-11-9-7-2)37(34)43-31-28-33(5)25-22-24-32(3)4/h23-24,26-28H,6-22,25,29-31H2,1-5H3. The fraction of sp³-hybridized carbons (Fsp3) is 0.667. The van der Waals surface area contributed by atoms with Gasteiger partial charge < -0.3 is 18.6 Å². The van der Waals surface area contributed by atoms with Crippen LogP contribution in [0.1, 0.15) is 150 Å².